The van der Waals surface area contributed by atoms with Crippen molar-refractivity contribution in [2.24, 2.45) is 0 Å². The van der Waals surface area contributed by atoms with Crippen molar-refractivity contribution in [1.29, 1.82) is 0 Å². The van der Waals surface area contributed by atoms with Crippen molar-refractivity contribution in [2.75, 3.05) is 0 Å². The SMILES string of the molecule is C=CCc1cccc2c1CCC2O. The average Bonchev–Trinajstić information content (AvgIpc) is 2.50. The maximum Gasteiger partial charge on any atom is 0.0796 e. The van der Waals surface area contributed by atoms with Crippen LogP contribution in [-0.4, -0.2) is 5.11 Å². The summed E-state index contributed by atoms with van der Waals surface area (Å²) in [5, 5.41) is 9.65. The highest BCUT2D eigenvalue weighted by atomic mass is 16.3. The first-order chi connectivity index (χ1) is 6.33. The zero-order valence-corrected chi connectivity index (χ0v) is 7.66. The molecular weight excluding hydrogens is 160 g/mol. The molecule has 0 saturated heterocycles. The standard InChI is InChI=1S/C12H14O/c1-2-4-9-5-3-6-11-10(9)7-8-12(11)13/h2-3,5-6,12-13H,1,4,7-8H2. The molecule has 0 spiro atoms. The van der Waals surface area contributed by atoms with Crippen LogP contribution in [0.2, 0.25) is 0 Å². The highest BCUT2D eigenvalue weighted by Gasteiger charge is 2.21. The van der Waals surface area contributed by atoms with E-state index >= 15 is 0 Å². The molecular formula is C12H14O. The van der Waals surface area contributed by atoms with Gasteiger partial charge in [0.2, 0.25) is 0 Å². The molecule has 0 saturated carbocycles. The molecule has 0 aromatic heterocycles. The van der Waals surface area contributed by atoms with E-state index < -0.39 is 0 Å². The maximum atomic E-state index is 9.65. The van der Waals surface area contributed by atoms with E-state index in [-0.39, 0.29) is 6.10 Å². The van der Waals surface area contributed by atoms with E-state index in [1.807, 2.05) is 18.2 Å². The minimum absolute atomic E-state index is 0.236. The van der Waals surface area contributed by atoms with Crippen LogP contribution in [0.25, 0.3) is 0 Å². The first-order valence-corrected chi connectivity index (χ1v) is 4.72. The molecule has 1 N–H and O–H groups in total. The topological polar surface area (TPSA) is 20.2 Å². The molecule has 1 unspecified atom stereocenters. The first-order valence-electron chi connectivity index (χ1n) is 4.72. The molecule has 0 aliphatic heterocycles. The minimum atomic E-state index is -0.236. The van der Waals surface area contributed by atoms with E-state index in [1.54, 1.807) is 0 Å². The number of benzene rings is 1. The number of hydrogen-bond donors (Lipinski definition) is 1. The second kappa shape index (κ2) is 3.35. The van der Waals surface area contributed by atoms with Crippen LogP contribution in [0.4, 0.5) is 0 Å². The van der Waals surface area contributed by atoms with Gasteiger partial charge in [-0.05, 0) is 36.0 Å². The van der Waals surface area contributed by atoms with Gasteiger partial charge in [0.15, 0.2) is 0 Å². The molecule has 1 aliphatic carbocycles. The fourth-order valence-corrected chi connectivity index (χ4v) is 2.05. The third-order valence-electron chi connectivity index (χ3n) is 2.70. The molecule has 0 heterocycles. The Bertz CT molecular complexity index is 328. The molecule has 1 aliphatic rings. The number of aliphatic hydroxyl groups excluding tert-OH is 1. The lowest BCUT2D eigenvalue weighted by Crippen LogP contribution is -1.93. The third kappa shape index (κ3) is 1.40. The fraction of sp³-hybridized carbons (Fsp3) is 0.333. The van der Waals surface area contributed by atoms with Gasteiger partial charge >= 0.3 is 0 Å². The molecule has 0 amide bonds. The predicted octanol–water partition coefficient (Wildman–Crippen LogP) is 2.39. The molecule has 1 aromatic carbocycles. The molecule has 0 radical (unpaired) electrons. The molecule has 13 heavy (non-hydrogen) atoms. The van der Waals surface area contributed by atoms with Crippen molar-refractivity contribution in [3.63, 3.8) is 0 Å². The Morgan fingerprint density at radius 3 is 3.15 bits per heavy atom. The summed E-state index contributed by atoms with van der Waals surface area (Å²) in [4.78, 5) is 0. The molecule has 0 fully saturated rings. The number of fused-ring (bicyclic) bond motifs is 1. The van der Waals surface area contributed by atoms with Crippen molar-refractivity contribution in [3.05, 3.63) is 47.5 Å². The lowest BCUT2D eigenvalue weighted by atomic mass is 10.0. The normalized spacial score (nSPS) is 19.9. The van der Waals surface area contributed by atoms with E-state index in [0.717, 1.165) is 24.8 Å². The van der Waals surface area contributed by atoms with E-state index in [4.69, 9.17) is 0 Å². The van der Waals surface area contributed by atoms with Gasteiger partial charge in [-0.25, -0.2) is 0 Å². The molecule has 2 rings (SSSR count). The second-order valence-corrected chi connectivity index (χ2v) is 3.53. The van der Waals surface area contributed by atoms with Crippen molar-refractivity contribution >= 4 is 0 Å². The zero-order chi connectivity index (χ0) is 9.26. The number of allylic oxidation sites excluding steroid dienone is 1. The van der Waals surface area contributed by atoms with Gasteiger partial charge in [0.05, 0.1) is 6.10 Å². The van der Waals surface area contributed by atoms with E-state index in [1.165, 1.54) is 11.1 Å². The van der Waals surface area contributed by atoms with Gasteiger partial charge in [-0.2, -0.15) is 0 Å². The van der Waals surface area contributed by atoms with Crippen LogP contribution in [0.3, 0.4) is 0 Å². The molecule has 1 atom stereocenters. The molecule has 0 bridgehead atoms. The number of hydrogen-bond acceptors (Lipinski definition) is 1. The second-order valence-electron chi connectivity index (χ2n) is 3.53. The van der Waals surface area contributed by atoms with Crippen molar-refractivity contribution in [3.8, 4) is 0 Å². The summed E-state index contributed by atoms with van der Waals surface area (Å²) in [6, 6.07) is 6.17. The van der Waals surface area contributed by atoms with Gasteiger partial charge in [0, 0.05) is 0 Å². The van der Waals surface area contributed by atoms with Gasteiger partial charge in [-0.1, -0.05) is 24.3 Å². The molecule has 1 heteroatoms. The van der Waals surface area contributed by atoms with Crippen LogP contribution < -0.4 is 0 Å². The fourth-order valence-electron chi connectivity index (χ4n) is 2.05. The largest absolute Gasteiger partial charge is 0.388 e. The minimum Gasteiger partial charge on any atom is -0.388 e. The summed E-state index contributed by atoms with van der Waals surface area (Å²) in [6.45, 7) is 3.74. The van der Waals surface area contributed by atoms with E-state index in [2.05, 4.69) is 12.6 Å². The summed E-state index contributed by atoms with van der Waals surface area (Å²) in [7, 11) is 0. The summed E-state index contributed by atoms with van der Waals surface area (Å²) in [5.74, 6) is 0. The van der Waals surface area contributed by atoms with Crippen LogP contribution in [0, 0.1) is 0 Å². The Kier molecular flexibility index (Phi) is 2.19. The van der Waals surface area contributed by atoms with Gasteiger partial charge in [-0.15, -0.1) is 6.58 Å². The van der Waals surface area contributed by atoms with Crippen LogP contribution in [0.1, 0.15) is 29.2 Å². The van der Waals surface area contributed by atoms with Crippen LogP contribution in [0.5, 0.6) is 0 Å². The summed E-state index contributed by atoms with van der Waals surface area (Å²) < 4.78 is 0. The lowest BCUT2D eigenvalue weighted by molar-refractivity contribution is 0.180. The number of aliphatic hydroxyl groups is 1. The Morgan fingerprint density at radius 2 is 2.38 bits per heavy atom. The Morgan fingerprint density at radius 1 is 1.54 bits per heavy atom. The lowest BCUT2D eigenvalue weighted by Gasteiger charge is -2.06. The maximum absolute atomic E-state index is 9.65. The van der Waals surface area contributed by atoms with Crippen molar-refractivity contribution in [1.82, 2.24) is 0 Å². The highest BCUT2D eigenvalue weighted by molar-refractivity contribution is 5.40. The molecule has 1 nitrogen and oxygen atoms in total. The predicted molar refractivity (Wildman–Crippen MR) is 53.6 cm³/mol. The Labute approximate surface area is 78.7 Å². The van der Waals surface area contributed by atoms with Crippen molar-refractivity contribution in [2.45, 2.75) is 25.4 Å². The van der Waals surface area contributed by atoms with Gasteiger partial charge < -0.3 is 5.11 Å². The Hall–Kier alpha value is -1.08. The average molecular weight is 174 g/mol. The van der Waals surface area contributed by atoms with E-state index in [9.17, 15) is 5.11 Å². The van der Waals surface area contributed by atoms with Crippen LogP contribution >= 0.6 is 0 Å². The quantitative estimate of drug-likeness (QED) is 0.682. The molecule has 68 valence electrons. The van der Waals surface area contributed by atoms with E-state index in [0.29, 0.717) is 0 Å². The van der Waals surface area contributed by atoms with Crippen LogP contribution in [-0.2, 0) is 12.8 Å². The summed E-state index contributed by atoms with van der Waals surface area (Å²) >= 11 is 0. The van der Waals surface area contributed by atoms with Crippen molar-refractivity contribution < 1.29 is 5.11 Å². The van der Waals surface area contributed by atoms with Gasteiger partial charge in [0.25, 0.3) is 0 Å². The third-order valence-corrected chi connectivity index (χ3v) is 2.70. The van der Waals surface area contributed by atoms with Gasteiger partial charge in [-0.3, -0.25) is 0 Å². The summed E-state index contributed by atoms with van der Waals surface area (Å²) in [6.07, 6.45) is 4.49. The first kappa shape index (κ1) is 8.52. The highest BCUT2D eigenvalue weighted by Crippen LogP contribution is 2.33. The number of rotatable bonds is 2. The summed E-state index contributed by atoms with van der Waals surface area (Å²) in [5.41, 5.74) is 3.79. The van der Waals surface area contributed by atoms with Crippen LogP contribution in [0.15, 0.2) is 30.9 Å². The van der Waals surface area contributed by atoms with Gasteiger partial charge in [0.1, 0.15) is 0 Å². The Balaban J connectivity index is 2.44. The smallest absolute Gasteiger partial charge is 0.0796 e. The zero-order valence-electron chi connectivity index (χ0n) is 7.66. The molecule has 1 aromatic rings. The monoisotopic (exact) mass is 174 g/mol.